The molecule has 0 fully saturated rings. The summed E-state index contributed by atoms with van der Waals surface area (Å²) in [6.45, 7) is 7.07. The van der Waals surface area contributed by atoms with Gasteiger partial charge in [-0.25, -0.2) is 0 Å². The molecule has 3 rings (SSSR count). The van der Waals surface area contributed by atoms with Gasteiger partial charge in [0.1, 0.15) is 0 Å². The highest BCUT2D eigenvalue weighted by Gasteiger charge is 2.30. The topological polar surface area (TPSA) is 106 Å². The largest absolute Gasteiger partial charge is 0.384 e. The first-order chi connectivity index (χ1) is 15.9. The van der Waals surface area contributed by atoms with Crippen LogP contribution in [0, 0.1) is 5.92 Å². The molecule has 33 heavy (non-hydrogen) atoms. The number of aromatic nitrogens is 2. The number of aryl methyl sites for hydroxylation is 1. The number of hydrogen-bond donors (Lipinski definition) is 2. The third kappa shape index (κ3) is 7.03. The summed E-state index contributed by atoms with van der Waals surface area (Å²) < 4.78 is 7.03. The highest BCUT2D eigenvalue weighted by Crippen LogP contribution is 2.26. The van der Waals surface area contributed by atoms with Gasteiger partial charge in [0.2, 0.25) is 11.8 Å². The van der Waals surface area contributed by atoms with E-state index in [0.717, 1.165) is 37.1 Å². The fourth-order valence-electron chi connectivity index (χ4n) is 4.55. The minimum atomic E-state index is -0.173. The number of ether oxygens (including phenoxy) is 1. The summed E-state index contributed by atoms with van der Waals surface area (Å²) in [6.07, 6.45) is 5.25. The standard InChI is InChI=1S/C24H39N5O4/c1-17(2)9-14-29-20-8-7-18-16-19(20)23(27-29)24(32)25-11-5-13-28(22(31)10-15-33-3)12-4-6-21(30)26-18/h17-18H,4-16H2,1-3H3,(H,25,32)(H,26,30). The first-order valence-corrected chi connectivity index (χ1v) is 12.3. The maximum absolute atomic E-state index is 13.0. The van der Waals surface area contributed by atoms with Crippen LogP contribution in [0.5, 0.6) is 0 Å². The zero-order valence-electron chi connectivity index (χ0n) is 20.3. The van der Waals surface area contributed by atoms with Crippen LogP contribution in [-0.2, 0) is 33.7 Å². The van der Waals surface area contributed by atoms with Gasteiger partial charge in [0.15, 0.2) is 5.69 Å². The summed E-state index contributed by atoms with van der Waals surface area (Å²) in [6, 6.07) is 0.00358. The lowest BCUT2D eigenvalue weighted by atomic mass is 9.91. The maximum Gasteiger partial charge on any atom is 0.272 e. The predicted molar refractivity (Wildman–Crippen MR) is 125 cm³/mol. The number of amides is 3. The van der Waals surface area contributed by atoms with Crippen LogP contribution in [0.2, 0.25) is 0 Å². The highest BCUT2D eigenvalue weighted by atomic mass is 16.5. The quantitative estimate of drug-likeness (QED) is 0.671. The number of rotatable bonds is 6. The van der Waals surface area contributed by atoms with Crippen LogP contribution < -0.4 is 10.6 Å². The second-order valence-electron chi connectivity index (χ2n) is 9.52. The second kappa shape index (κ2) is 12.2. The summed E-state index contributed by atoms with van der Waals surface area (Å²) in [5.41, 5.74) is 2.58. The Morgan fingerprint density at radius 3 is 2.76 bits per heavy atom. The van der Waals surface area contributed by atoms with E-state index in [4.69, 9.17) is 9.84 Å². The van der Waals surface area contributed by atoms with E-state index in [2.05, 4.69) is 24.5 Å². The Morgan fingerprint density at radius 2 is 2.00 bits per heavy atom. The molecule has 1 aliphatic carbocycles. The fourth-order valence-corrected chi connectivity index (χ4v) is 4.55. The lowest BCUT2D eigenvalue weighted by Crippen LogP contribution is -2.40. The molecule has 1 aliphatic heterocycles. The molecular formula is C24H39N5O4. The van der Waals surface area contributed by atoms with Crippen LogP contribution in [0.4, 0.5) is 0 Å². The molecule has 2 heterocycles. The Hall–Kier alpha value is -2.42. The first-order valence-electron chi connectivity index (χ1n) is 12.3. The molecular weight excluding hydrogens is 422 g/mol. The van der Waals surface area contributed by atoms with Gasteiger partial charge in [-0.15, -0.1) is 0 Å². The van der Waals surface area contributed by atoms with Gasteiger partial charge in [0.25, 0.3) is 5.91 Å². The molecule has 0 aromatic carbocycles. The predicted octanol–water partition coefficient (Wildman–Crippen LogP) is 1.68. The Morgan fingerprint density at radius 1 is 1.21 bits per heavy atom. The van der Waals surface area contributed by atoms with Crippen molar-refractivity contribution in [2.24, 2.45) is 5.92 Å². The van der Waals surface area contributed by atoms with E-state index >= 15 is 0 Å². The van der Waals surface area contributed by atoms with Crippen LogP contribution >= 0.6 is 0 Å². The van der Waals surface area contributed by atoms with Crippen LogP contribution in [0.15, 0.2) is 0 Å². The lowest BCUT2D eigenvalue weighted by molar-refractivity contribution is -0.132. The Bertz CT molecular complexity index is 835. The maximum atomic E-state index is 13.0. The van der Waals surface area contributed by atoms with Gasteiger partial charge in [0.05, 0.1) is 13.0 Å². The molecule has 0 radical (unpaired) electrons. The van der Waals surface area contributed by atoms with Crippen molar-refractivity contribution in [2.45, 2.75) is 77.8 Å². The van der Waals surface area contributed by atoms with Crippen molar-refractivity contribution in [3.05, 3.63) is 17.0 Å². The molecule has 0 saturated heterocycles. The zero-order chi connectivity index (χ0) is 23.8. The third-order valence-electron chi connectivity index (χ3n) is 6.44. The minimum absolute atomic E-state index is 0.000753. The molecule has 0 spiro atoms. The van der Waals surface area contributed by atoms with Gasteiger partial charge >= 0.3 is 0 Å². The Balaban J connectivity index is 1.76. The number of nitrogens with zero attached hydrogens (tertiary/aromatic N) is 3. The Labute approximate surface area is 196 Å². The summed E-state index contributed by atoms with van der Waals surface area (Å²) in [5, 5.41) is 10.8. The van der Waals surface area contributed by atoms with E-state index in [1.165, 1.54) is 0 Å². The number of hydrogen-bond acceptors (Lipinski definition) is 5. The van der Waals surface area contributed by atoms with E-state index in [1.807, 2.05) is 4.68 Å². The molecule has 3 amide bonds. The molecule has 1 atom stereocenters. The van der Waals surface area contributed by atoms with Crippen LogP contribution in [0.1, 0.15) is 74.1 Å². The van der Waals surface area contributed by atoms with Gasteiger partial charge in [-0.3, -0.25) is 19.1 Å². The number of methoxy groups -OCH3 is 1. The van der Waals surface area contributed by atoms with Gasteiger partial charge in [0, 0.05) is 57.0 Å². The monoisotopic (exact) mass is 461 g/mol. The smallest absolute Gasteiger partial charge is 0.272 e. The summed E-state index contributed by atoms with van der Waals surface area (Å²) in [5.74, 6) is 0.395. The molecule has 0 saturated carbocycles. The molecule has 184 valence electrons. The normalized spacial score (nSPS) is 20.1. The average Bonchev–Trinajstić information content (AvgIpc) is 3.14. The van der Waals surface area contributed by atoms with Crippen molar-refractivity contribution in [2.75, 3.05) is 33.4 Å². The SMILES string of the molecule is COCCC(=O)N1CCCNC(=O)c2nn(CCC(C)C)c3c2CC(CC3)NC(=O)CCC1. The summed E-state index contributed by atoms with van der Waals surface area (Å²) in [7, 11) is 1.58. The second-order valence-corrected chi connectivity index (χ2v) is 9.52. The van der Waals surface area contributed by atoms with Crippen molar-refractivity contribution in [1.29, 1.82) is 0 Å². The lowest BCUT2D eigenvalue weighted by Gasteiger charge is -2.25. The van der Waals surface area contributed by atoms with Crippen LogP contribution in [0.25, 0.3) is 0 Å². The number of fused-ring (bicyclic) bond motifs is 1. The van der Waals surface area contributed by atoms with E-state index in [1.54, 1.807) is 12.0 Å². The zero-order valence-corrected chi connectivity index (χ0v) is 20.3. The molecule has 9 heteroatoms. The summed E-state index contributed by atoms with van der Waals surface area (Å²) in [4.78, 5) is 39.9. The number of carbonyl (C=O) groups excluding carboxylic acids is 3. The van der Waals surface area contributed by atoms with Gasteiger partial charge in [-0.1, -0.05) is 13.8 Å². The third-order valence-corrected chi connectivity index (χ3v) is 6.44. The van der Waals surface area contributed by atoms with E-state index < -0.39 is 0 Å². The molecule has 2 aliphatic rings. The van der Waals surface area contributed by atoms with Crippen LogP contribution in [-0.4, -0.2) is 71.8 Å². The van der Waals surface area contributed by atoms with E-state index in [0.29, 0.717) is 70.0 Å². The van der Waals surface area contributed by atoms with Crippen molar-refractivity contribution in [1.82, 2.24) is 25.3 Å². The van der Waals surface area contributed by atoms with E-state index in [9.17, 15) is 14.4 Å². The molecule has 9 nitrogen and oxygen atoms in total. The number of nitrogens with one attached hydrogen (secondary N) is 2. The van der Waals surface area contributed by atoms with Crippen LogP contribution in [0.3, 0.4) is 0 Å². The minimum Gasteiger partial charge on any atom is -0.384 e. The Kier molecular flexibility index (Phi) is 9.29. The van der Waals surface area contributed by atoms with Crippen molar-refractivity contribution in [3.63, 3.8) is 0 Å². The van der Waals surface area contributed by atoms with Gasteiger partial charge in [-0.2, -0.15) is 5.10 Å². The van der Waals surface area contributed by atoms with Crippen molar-refractivity contribution >= 4 is 17.7 Å². The average molecular weight is 462 g/mol. The highest BCUT2D eigenvalue weighted by molar-refractivity contribution is 5.94. The molecule has 1 aromatic heterocycles. The van der Waals surface area contributed by atoms with Gasteiger partial charge in [-0.05, 0) is 44.4 Å². The van der Waals surface area contributed by atoms with Crippen molar-refractivity contribution in [3.8, 4) is 0 Å². The van der Waals surface area contributed by atoms with Crippen molar-refractivity contribution < 1.29 is 19.1 Å². The summed E-state index contributed by atoms with van der Waals surface area (Å²) >= 11 is 0. The molecule has 2 bridgehead atoms. The first kappa shape index (κ1) is 25.2. The van der Waals surface area contributed by atoms with Gasteiger partial charge < -0.3 is 20.3 Å². The fraction of sp³-hybridized carbons (Fsp3) is 0.750. The van der Waals surface area contributed by atoms with E-state index in [-0.39, 0.29) is 23.8 Å². The number of carbonyl (C=O) groups is 3. The molecule has 1 aromatic rings. The molecule has 1 unspecified atom stereocenters. The molecule has 2 N–H and O–H groups in total.